The van der Waals surface area contributed by atoms with Gasteiger partial charge >= 0.3 is 119 Å². The molecular weight excluding hydrogens is 294 g/mol. The second-order valence-electron chi connectivity index (χ2n) is 3.19. The predicted molar refractivity (Wildman–Crippen MR) is 61.6 cm³/mol. The fourth-order valence-corrected chi connectivity index (χ4v) is 1.19. The summed E-state index contributed by atoms with van der Waals surface area (Å²) in [6, 6.07) is 0. The summed E-state index contributed by atoms with van der Waals surface area (Å²) in [5.74, 6) is 0. The molecule has 0 radical (unpaired) electrons. The van der Waals surface area contributed by atoms with Gasteiger partial charge < -0.3 is 0 Å². The van der Waals surface area contributed by atoms with Gasteiger partial charge in [-0.05, 0) is 0 Å². The van der Waals surface area contributed by atoms with Crippen molar-refractivity contribution in [3.63, 3.8) is 0 Å². The summed E-state index contributed by atoms with van der Waals surface area (Å²) >= 11 is 0. The van der Waals surface area contributed by atoms with Gasteiger partial charge in [0.15, 0.2) is 0 Å². The zero-order valence-electron chi connectivity index (χ0n) is 10.0. The molecule has 21 heavy (non-hydrogen) atoms. The minimum atomic E-state index is -2.00. The van der Waals surface area contributed by atoms with Crippen molar-refractivity contribution in [3.05, 3.63) is 0 Å². The first kappa shape index (κ1) is 16.7. The first-order valence-corrected chi connectivity index (χ1v) is 5.23. The molecule has 2 fully saturated rings. The number of rotatable bonds is 4. The van der Waals surface area contributed by atoms with E-state index in [1.807, 2.05) is 0 Å². The maximum absolute atomic E-state index is 10.3. The normalized spacial score (nSPS) is 19.9. The topological polar surface area (TPSA) is 158 Å². The van der Waals surface area contributed by atoms with Crippen LogP contribution in [0.5, 0.6) is 0 Å². The van der Waals surface area contributed by atoms with E-state index >= 15 is 0 Å². The molecule has 21 heteroatoms. The molecule has 104 valence electrons. The molecule has 2 aliphatic rings. The van der Waals surface area contributed by atoms with Crippen molar-refractivity contribution in [1.29, 1.82) is 0 Å². The quantitative estimate of drug-likeness (QED) is 0.475. The number of hydrogen-bond acceptors (Lipinski definition) is 13. The Morgan fingerprint density at radius 2 is 1.14 bits per heavy atom. The first-order chi connectivity index (χ1) is 10.1. The maximum atomic E-state index is 10.3. The van der Waals surface area contributed by atoms with E-state index < -0.39 is 43.9 Å². The fraction of sp³-hybridized carbons (Fsp3) is 0. The molecular formula is H2B8O13. The van der Waals surface area contributed by atoms with Gasteiger partial charge in [0, 0.05) is 0 Å². The molecule has 0 aromatic rings. The van der Waals surface area contributed by atoms with Crippen LogP contribution in [0.2, 0.25) is 0 Å². The molecule has 0 amide bonds. The van der Waals surface area contributed by atoms with Crippen LogP contribution in [0.25, 0.3) is 0 Å². The van der Waals surface area contributed by atoms with Crippen LogP contribution >= 0.6 is 0 Å². The monoisotopic (exact) mass is 298 g/mol. The van der Waals surface area contributed by atoms with Crippen LogP contribution in [0.4, 0.5) is 0 Å². The van der Waals surface area contributed by atoms with Gasteiger partial charge in [-0.2, -0.15) is 0 Å². The van der Waals surface area contributed by atoms with Crippen molar-refractivity contribution >= 4 is 58.6 Å². The van der Waals surface area contributed by atoms with Crippen molar-refractivity contribution in [1.82, 2.24) is 0 Å². The van der Waals surface area contributed by atoms with Crippen LogP contribution in [-0.4, -0.2) is 68.7 Å². The molecule has 0 spiro atoms. The summed E-state index contributed by atoms with van der Waals surface area (Å²) in [5, 5.41) is 18.4. The Kier molecular flexibility index (Phi) is 6.46. The van der Waals surface area contributed by atoms with Gasteiger partial charge in [0.1, 0.15) is 0 Å². The molecule has 2 N–H and O–H groups in total. The average molecular weight is 296 g/mol. The van der Waals surface area contributed by atoms with E-state index in [4.69, 9.17) is 18.3 Å². The van der Waals surface area contributed by atoms with E-state index in [2.05, 4.69) is 22.9 Å². The van der Waals surface area contributed by atoms with Crippen LogP contribution in [0.1, 0.15) is 0 Å². The molecule has 0 saturated carbocycles. The van der Waals surface area contributed by atoms with Gasteiger partial charge in [-0.15, -0.1) is 0 Å². The molecule has 13 nitrogen and oxygen atoms in total. The second-order valence-corrected chi connectivity index (χ2v) is 3.19. The third-order valence-corrected chi connectivity index (χ3v) is 1.91. The first-order valence-electron chi connectivity index (χ1n) is 5.23. The van der Waals surface area contributed by atoms with Crippen molar-refractivity contribution in [3.8, 4) is 0 Å². The van der Waals surface area contributed by atoms with Crippen molar-refractivity contribution in [2.45, 2.75) is 0 Å². The van der Waals surface area contributed by atoms with E-state index in [9.17, 15) is 19.5 Å². The zero-order chi connectivity index (χ0) is 15.2. The Morgan fingerprint density at radius 1 is 0.667 bits per heavy atom. The van der Waals surface area contributed by atoms with Gasteiger partial charge in [-0.1, -0.05) is 0 Å². The van der Waals surface area contributed by atoms with Crippen LogP contribution in [0.15, 0.2) is 0 Å². The summed E-state index contributed by atoms with van der Waals surface area (Å²) in [5.41, 5.74) is 0. The van der Waals surface area contributed by atoms with Gasteiger partial charge in [-0.25, -0.2) is 0 Å². The third kappa shape index (κ3) is 5.24. The average Bonchev–Trinajstić information content (AvgIpc) is 2.34. The van der Waals surface area contributed by atoms with Gasteiger partial charge in [-0.3, -0.25) is 0 Å². The van der Waals surface area contributed by atoms with Crippen LogP contribution in [0, 0.1) is 0 Å². The Bertz CT molecular complexity index is 319. The Morgan fingerprint density at radius 3 is 1.57 bits per heavy atom. The molecule has 0 aliphatic carbocycles. The summed E-state index contributed by atoms with van der Waals surface area (Å²) in [4.78, 5) is 0. The van der Waals surface area contributed by atoms with E-state index in [1.165, 1.54) is 0 Å². The van der Waals surface area contributed by atoms with Crippen molar-refractivity contribution in [2.75, 3.05) is 0 Å². The van der Waals surface area contributed by atoms with E-state index in [0.717, 1.165) is 0 Å². The van der Waals surface area contributed by atoms with E-state index in [0.29, 0.717) is 0 Å². The molecule has 0 atom stereocenters. The van der Waals surface area contributed by atoms with Crippen LogP contribution in [0.3, 0.4) is 0 Å². The zero-order valence-corrected chi connectivity index (χ0v) is 10.0. The summed E-state index contributed by atoms with van der Waals surface area (Å²) in [6.45, 7) is 0. The molecule has 2 heterocycles. The second kappa shape index (κ2) is 8.11. The SMILES string of the molecule is O=BOB1OB(OB=O)OB2OB(O)OB(O)OB(O1)O2. The molecule has 2 bridgehead atoms. The van der Waals surface area contributed by atoms with Gasteiger partial charge in [0.2, 0.25) is 0 Å². The Labute approximate surface area is 120 Å². The van der Waals surface area contributed by atoms with Crippen LogP contribution < -0.4 is 0 Å². The molecule has 0 unspecified atom stereocenters. The van der Waals surface area contributed by atoms with Gasteiger partial charge in [0.05, 0.1) is 0 Å². The summed E-state index contributed by atoms with van der Waals surface area (Å²) in [7, 11) is -11.1. The molecule has 0 aromatic carbocycles. The molecule has 2 aliphatic heterocycles. The predicted octanol–water partition coefficient (Wildman–Crippen LogP) is -5.01. The van der Waals surface area contributed by atoms with Crippen molar-refractivity contribution in [2.24, 2.45) is 0 Å². The minimum absolute atomic E-state index is 0.0438. The van der Waals surface area contributed by atoms with E-state index in [1.54, 1.807) is 0 Å². The van der Waals surface area contributed by atoms with Gasteiger partial charge in [0.25, 0.3) is 0 Å². The van der Waals surface area contributed by atoms with Crippen LogP contribution in [-0.2, 0) is 50.6 Å². The fourth-order valence-electron chi connectivity index (χ4n) is 1.19. The Hall–Kier alpha value is -0.641. The molecule has 2 saturated heterocycles. The number of hydrogen-bond donors (Lipinski definition) is 2. The van der Waals surface area contributed by atoms with Crippen molar-refractivity contribution < 1.29 is 60.6 Å². The standard InChI is InChI=1S/B8H2O13/c9-1-13-5-18-6(14-2-10)20-8-17-4(12)15-3(11)16-7(19-5)21-8/h11-12H. The van der Waals surface area contributed by atoms with E-state index in [-0.39, 0.29) is 14.7 Å². The summed E-state index contributed by atoms with van der Waals surface area (Å²) < 4.78 is 62.2. The molecule has 0 aromatic heterocycles. The summed E-state index contributed by atoms with van der Waals surface area (Å²) in [6.07, 6.45) is 0. The number of fused-ring (bicyclic) bond motifs is 2. The third-order valence-electron chi connectivity index (χ3n) is 1.91. The Balaban J connectivity index is 2.09. The molecule has 2 rings (SSSR count).